The molecule has 2 fully saturated rings. The second-order valence-electron chi connectivity index (χ2n) is 8.44. The number of hydrogen-bond acceptors (Lipinski definition) is 6. The second-order valence-corrected chi connectivity index (χ2v) is 8.44. The van der Waals surface area contributed by atoms with Crippen LogP contribution in [0.3, 0.4) is 0 Å². The average Bonchev–Trinajstić information content (AvgIpc) is 3.58. The SMILES string of the molecule is CN=C(NCC1(CCOC)CC1)N1CCN(Cc2cc(OC)c(OC)c(OC)c2)CC1. The summed E-state index contributed by atoms with van der Waals surface area (Å²) in [6.07, 6.45) is 3.68. The molecule has 8 heteroatoms. The van der Waals surface area contributed by atoms with Gasteiger partial charge in [-0.1, -0.05) is 0 Å². The number of guanidine groups is 1. The maximum Gasteiger partial charge on any atom is 0.203 e. The number of hydrogen-bond donors (Lipinski definition) is 1. The lowest BCUT2D eigenvalue weighted by molar-refractivity contribution is 0.166. The van der Waals surface area contributed by atoms with Crippen LogP contribution < -0.4 is 19.5 Å². The molecule has 1 heterocycles. The second kappa shape index (κ2) is 10.9. The van der Waals surface area contributed by atoms with Crippen LogP contribution in [0.5, 0.6) is 17.2 Å². The highest BCUT2D eigenvalue weighted by Gasteiger charge is 2.42. The zero-order valence-electron chi connectivity index (χ0n) is 19.7. The highest BCUT2D eigenvalue weighted by Crippen LogP contribution is 2.48. The van der Waals surface area contributed by atoms with Crippen molar-refractivity contribution < 1.29 is 18.9 Å². The summed E-state index contributed by atoms with van der Waals surface area (Å²) in [5, 5.41) is 3.61. The number of piperazine rings is 1. The van der Waals surface area contributed by atoms with E-state index < -0.39 is 0 Å². The first kappa shape index (κ1) is 23.5. The molecule has 1 saturated carbocycles. The Hall–Kier alpha value is -2.19. The fraction of sp³-hybridized carbons (Fsp3) is 0.696. The predicted molar refractivity (Wildman–Crippen MR) is 122 cm³/mol. The summed E-state index contributed by atoms with van der Waals surface area (Å²) >= 11 is 0. The summed E-state index contributed by atoms with van der Waals surface area (Å²) in [5.74, 6) is 3.04. The van der Waals surface area contributed by atoms with Gasteiger partial charge < -0.3 is 29.2 Å². The van der Waals surface area contributed by atoms with Crippen molar-refractivity contribution in [2.75, 3.05) is 74.8 Å². The Balaban J connectivity index is 1.52. The number of methoxy groups -OCH3 is 4. The molecule has 2 aliphatic rings. The van der Waals surface area contributed by atoms with Crippen LogP contribution in [-0.2, 0) is 11.3 Å². The minimum Gasteiger partial charge on any atom is -0.493 e. The van der Waals surface area contributed by atoms with Gasteiger partial charge >= 0.3 is 0 Å². The van der Waals surface area contributed by atoms with Gasteiger partial charge in [0.1, 0.15) is 0 Å². The summed E-state index contributed by atoms with van der Waals surface area (Å²) in [6.45, 7) is 6.52. The Labute approximate surface area is 186 Å². The summed E-state index contributed by atoms with van der Waals surface area (Å²) < 4.78 is 21.7. The summed E-state index contributed by atoms with van der Waals surface area (Å²) in [7, 11) is 8.58. The third-order valence-electron chi connectivity index (χ3n) is 6.43. The molecule has 0 atom stereocenters. The van der Waals surface area contributed by atoms with Gasteiger partial charge in [0.25, 0.3) is 0 Å². The molecule has 0 bridgehead atoms. The Bertz CT molecular complexity index is 718. The summed E-state index contributed by atoms with van der Waals surface area (Å²) in [4.78, 5) is 9.34. The lowest BCUT2D eigenvalue weighted by Crippen LogP contribution is -2.52. The summed E-state index contributed by atoms with van der Waals surface area (Å²) in [5.41, 5.74) is 1.56. The molecule has 0 radical (unpaired) electrons. The van der Waals surface area contributed by atoms with Gasteiger partial charge in [-0.15, -0.1) is 0 Å². The van der Waals surface area contributed by atoms with E-state index in [0.29, 0.717) is 22.7 Å². The molecule has 31 heavy (non-hydrogen) atoms. The molecule has 1 N–H and O–H groups in total. The molecule has 174 valence electrons. The number of nitrogens with one attached hydrogen (secondary N) is 1. The quantitative estimate of drug-likeness (QED) is 0.447. The maximum absolute atomic E-state index is 5.49. The minimum absolute atomic E-state index is 0.403. The molecule has 0 aromatic heterocycles. The third kappa shape index (κ3) is 5.95. The first-order valence-electron chi connectivity index (χ1n) is 11.0. The Kier molecular flexibility index (Phi) is 8.26. The van der Waals surface area contributed by atoms with Crippen molar-refractivity contribution in [3.63, 3.8) is 0 Å². The number of aliphatic imine (C=N–C) groups is 1. The molecule has 3 rings (SSSR count). The standard InChI is InChI=1S/C23H38N4O4/c1-24-22(25-17-23(6-7-23)8-13-28-2)27-11-9-26(10-12-27)16-18-14-19(29-3)21(31-5)20(15-18)30-4/h14-15H,6-13,16-17H2,1-5H3,(H,24,25). The summed E-state index contributed by atoms with van der Waals surface area (Å²) in [6, 6.07) is 4.06. The van der Waals surface area contributed by atoms with E-state index >= 15 is 0 Å². The minimum atomic E-state index is 0.403. The molecule has 1 aliphatic carbocycles. The third-order valence-corrected chi connectivity index (χ3v) is 6.43. The van der Waals surface area contributed by atoms with Crippen molar-refractivity contribution in [1.82, 2.24) is 15.1 Å². The van der Waals surface area contributed by atoms with Crippen LogP contribution >= 0.6 is 0 Å². The van der Waals surface area contributed by atoms with E-state index in [2.05, 4.69) is 20.1 Å². The molecule has 0 amide bonds. The van der Waals surface area contributed by atoms with E-state index in [-0.39, 0.29) is 0 Å². The van der Waals surface area contributed by atoms with Gasteiger partial charge in [0.15, 0.2) is 17.5 Å². The Morgan fingerprint density at radius 2 is 1.65 bits per heavy atom. The van der Waals surface area contributed by atoms with Gasteiger partial charge in [-0.3, -0.25) is 9.89 Å². The van der Waals surface area contributed by atoms with E-state index in [4.69, 9.17) is 18.9 Å². The van der Waals surface area contributed by atoms with Crippen LogP contribution in [0.25, 0.3) is 0 Å². The first-order valence-corrected chi connectivity index (χ1v) is 11.0. The normalized spacial score (nSPS) is 18.6. The molecular weight excluding hydrogens is 396 g/mol. The predicted octanol–water partition coefficient (Wildman–Crippen LogP) is 2.22. The van der Waals surface area contributed by atoms with Gasteiger partial charge in [0.05, 0.1) is 21.3 Å². The van der Waals surface area contributed by atoms with Crippen molar-refractivity contribution in [3.05, 3.63) is 17.7 Å². The fourth-order valence-electron chi connectivity index (χ4n) is 4.21. The van der Waals surface area contributed by atoms with Crippen LogP contribution in [-0.4, -0.2) is 90.6 Å². The smallest absolute Gasteiger partial charge is 0.203 e. The molecule has 1 aromatic rings. The average molecular weight is 435 g/mol. The number of ether oxygens (including phenoxy) is 4. The first-order chi connectivity index (χ1) is 15.1. The largest absolute Gasteiger partial charge is 0.493 e. The lowest BCUT2D eigenvalue weighted by atomic mass is 10.0. The van der Waals surface area contributed by atoms with Gasteiger partial charge in [-0.2, -0.15) is 0 Å². The molecule has 1 aromatic carbocycles. The molecule has 0 spiro atoms. The lowest BCUT2D eigenvalue weighted by Gasteiger charge is -2.37. The number of benzene rings is 1. The zero-order valence-corrected chi connectivity index (χ0v) is 19.7. The van der Waals surface area contributed by atoms with Gasteiger partial charge in [0, 0.05) is 60.0 Å². The highest BCUT2D eigenvalue weighted by atomic mass is 16.5. The Morgan fingerprint density at radius 1 is 1.00 bits per heavy atom. The van der Waals surface area contributed by atoms with Crippen molar-refractivity contribution in [2.45, 2.75) is 25.8 Å². The van der Waals surface area contributed by atoms with Gasteiger partial charge in [-0.05, 0) is 42.4 Å². The van der Waals surface area contributed by atoms with Gasteiger partial charge in [-0.25, -0.2) is 0 Å². The molecule has 1 saturated heterocycles. The topological polar surface area (TPSA) is 67.8 Å². The number of nitrogens with zero attached hydrogens (tertiary/aromatic N) is 3. The number of rotatable bonds is 10. The van der Waals surface area contributed by atoms with E-state index in [0.717, 1.165) is 63.8 Å². The molecule has 8 nitrogen and oxygen atoms in total. The maximum atomic E-state index is 5.49. The molecular formula is C23H38N4O4. The van der Waals surface area contributed by atoms with Crippen molar-refractivity contribution >= 4 is 5.96 Å². The molecule has 0 unspecified atom stereocenters. The van der Waals surface area contributed by atoms with E-state index in [1.165, 1.54) is 12.8 Å². The van der Waals surface area contributed by atoms with Crippen LogP contribution in [0.1, 0.15) is 24.8 Å². The fourth-order valence-corrected chi connectivity index (χ4v) is 4.21. The van der Waals surface area contributed by atoms with E-state index in [1.807, 2.05) is 19.2 Å². The van der Waals surface area contributed by atoms with Crippen molar-refractivity contribution in [2.24, 2.45) is 10.4 Å². The zero-order chi connectivity index (χ0) is 22.3. The van der Waals surface area contributed by atoms with Crippen LogP contribution in [0.15, 0.2) is 17.1 Å². The van der Waals surface area contributed by atoms with Crippen LogP contribution in [0.4, 0.5) is 0 Å². The Morgan fingerprint density at radius 3 is 2.13 bits per heavy atom. The van der Waals surface area contributed by atoms with Gasteiger partial charge in [0.2, 0.25) is 5.75 Å². The highest BCUT2D eigenvalue weighted by molar-refractivity contribution is 5.80. The van der Waals surface area contributed by atoms with Crippen molar-refractivity contribution in [1.29, 1.82) is 0 Å². The van der Waals surface area contributed by atoms with Crippen LogP contribution in [0.2, 0.25) is 0 Å². The van der Waals surface area contributed by atoms with Crippen molar-refractivity contribution in [3.8, 4) is 17.2 Å². The van der Waals surface area contributed by atoms with E-state index in [9.17, 15) is 0 Å². The monoisotopic (exact) mass is 434 g/mol. The van der Waals surface area contributed by atoms with E-state index in [1.54, 1.807) is 28.4 Å². The van der Waals surface area contributed by atoms with Crippen LogP contribution in [0, 0.1) is 5.41 Å². The molecule has 1 aliphatic heterocycles.